The molecule has 0 atom stereocenters. The molecule has 0 N–H and O–H groups in total. The van der Waals surface area contributed by atoms with E-state index in [9.17, 15) is 4.79 Å². The number of likely N-dealkylation sites (tertiary alicyclic amines) is 1. The SMILES string of the molecule is CCOC(=O)CC1(N2CCCCCC2)CCOCC1. The van der Waals surface area contributed by atoms with Crippen molar-refractivity contribution in [1.29, 1.82) is 0 Å². The zero-order valence-electron chi connectivity index (χ0n) is 12.2. The Morgan fingerprint density at radius 2 is 1.79 bits per heavy atom. The van der Waals surface area contributed by atoms with E-state index in [0.29, 0.717) is 13.0 Å². The van der Waals surface area contributed by atoms with Gasteiger partial charge in [0.05, 0.1) is 13.0 Å². The van der Waals surface area contributed by atoms with Crippen molar-refractivity contribution in [3.8, 4) is 0 Å². The lowest BCUT2D eigenvalue weighted by Gasteiger charge is -2.45. The van der Waals surface area contributed by atoms with Crippen LogP contribution >= 0.6 is 0 Å². The molecule has 0 amide bonds. The Labute approximate surface area is 116 Å². The highest BCUT2D eigenvalue weighted by Gasteiger charge is 2.40. The van der Waals surface area contributed by atoms with Gasteiger partial charge in [-0.3, -0.25) is 9.69 Å². The van der Waals surface area contributed by atoms with E-state index in [-0.39, 0.29) is 11.5 Å². The topological polar surface area (TPSA) is 38.8 Å². The molecule has 0 radical (unpaired) electrons. The molecule has 2 aliphatic rings. The summed E-state index contributed by atoms with van der Waals surface area (Å²) in [6.45, 7) is 6.15. The maximum absolute atomic E-state index is 12.0. The molecule has 19 heavy (non-hydrogen) atoms. The predicted octanol–water partition coefficient (Wildman–Crippen LogP) is 2.36. The maximum atomic E-state index is 12.0. The molecule has 2 aliphatic heterocycles. The van der Waals surface area contributed by atoms with E-state index in [1.54, 1.807) is 0 Å². The molecule has 0 saturated carbocycles. The van der Waals surface area contributed by atoms with Crippen molar-refractivity contribution >= 4 is 5.97 Å². The minimum atomic E-state index is -0.0475. The standard InChI is InChI=1S/C15H27NO3/c1-2-19-14(17)13-15(7-11-18-12-8-15)16-9-5-3-4-6-10-16/h2-13H2,1H3. The van der Waals surface area contributed by atoms with Gasteiger partial charge in [0, 0.05) is 18.8 Å². The van der Waals surface area contributed by atoms with Crippen molar-refractivity contribution in [1.82, 2.24) is 4.90 Å². The number of rotatable bonds is 4. The average Bonchev–Trinajstić information content (AvgIpc) is 2.69. The summed E-state index contributed by atoms with van der Waals surface area (Å²) in [5.41, 5.74) is -0.00512. The monoisotopic (exact) mass is 269 g/mol. The summed E-state index contributed by atoms with van der Waals surface area (Å²) in [7, 11) is 0. The Balaban J connectivity index is 2.05. The average molecular weight is 269 g/mol. The van der Waals surface area contributed by atoms with Crippen LogP contribution in [0, 0.1) is 0 Å². The molecule has 0 unspecified atom stereocenters. The van der Waals surface area contributed by atoms with Gasteiger partial charge in [-0.2, -0.15) is 0 Å². The molecule has 0 aromatic heterocycles. The number of esters is 1. The third-order valence-electron chi connectivity index (χ3n) is 4.48. The summed E-state index contributed by atoms with van der Waals surface area (Å²) in [5, 5.41) is 0. The van der Waals surface area contributed by atoms with Crippen LogP contribution in [0.2, 0.25) is 0 Å². The number of nitrogens with zero attached hydrogens (tertiary/aromatic N) is 1. The van der Waals surface area contributed by atoms with Gasteiger partial charge in [-0.1, -0.05) is 12.8 Å². The van der Waals surface area contributed by atoms with Crippen LogP contribution in [0.25, 0.3) is 0 Å². The first-order valence-electron chi connectivity index (χ1n) is 7.75. The van der Waals surface area contributed by atoms with Crippen molar-refractivity contribution < 1.29 is 14.3 Å². The van der Waals surface area contributed by atoms with Gasteiger partial charge in [0.15, 0.2) is 0 Å². The highest BCUT2D eigenvalue weighted by atomic mass is 16.5. The van der Waals surface area contributed by atoms with Crippen LogP contribution < -0.4 is 0 Å². The Morgan fingerprint density at radius 3 is 2.37 bits per heavy atom. The molecule has 2 fully saturated rings. The van der Waals surface area contributed by atoms with Gasteiger partial charge >= 0.3 is 5.97 Å². The highest BCUT2D eigenvalue weighted by molar-refractivity contribution is 5.71. The molecule has 4 heteroatoms. The number of ether oxygens (including phenoxy) is 2. The molecule has 0 aromatic carbocycles. The normalized spacial score (nSPS) is 24.7. The summed E-state index contributed by atoms with van der Waals surface area (Å²) in [5.74, 6) is -0.0475. The van der Waals surface area contributed by atoms with Crippen LogP contribution in [0.1, 0.15) is 51.9 Å². The van der Waals surface area contributed by atoms with Gasteiger partial charge in [0.1, 0.15) is 0 Å². The van der Waals surface area contributed by atoms with Crippen LogP contribution in [0.4, 0.5) is 0 Å². The van der Waals surface area contributed by atoms with Crippen molar-refractivity contribution in [2.75, 3.05) is 32.9 Å². The van der Waals surface area contributed by atoms with Crippen molar-refractivity contribution in [2.45, 2.75) is 57.4 Å². The zero-order chi connectivity index (χ0) is 13.6. The fourth-order valence-electron chi connectivity index (χ4n) is 3.38. The maximum Gasteiger partial charge on any atom is 0.307 e. The first-order valence-corrected chi connectivity index (χ1v) is 7.75. The fraction of sp³-hybridized carbons (Fsp3) is 0.933. The second kappa shape index (κ2) is 7.25. The molecular weight excluding hydrogens is 242 g/mol. The zero-order valence-corrected chi connectivity index (χ0v) is 12.2. The van der Waals surface area contributed by atoms with Gasteiger partial charge in [-0.25, -0.2) is 0 Å². The molecule has 2 rings (SSSR count). The van der Waals surface area contributed by atoms with Gasteiger partial charge in [0.25, 0.3) is 0 Å². The van der Waals surface area contributed by atoms with Crippen LogP contribution in [-0.2, 0) is 14.3 Å². The van der Waals surface area contributed by atoms with Gasteiger partial charge < -0.3 is 9.47 Å². The number of hydrogen-bond donors (Lipinski definition) is 0. The molecular formula is C15H27NO3. The van der Waals surface area contributed by atoms with Crippen LogP contribution in [0.15, 0.2) is 0 Å². The quantitative estimate of drug-likeness (QED) is 0.734. The minimum Gasteiger partial charge on any atom is -0.466 e. The van der Waals surface area contributed by atoms with Crippen LogP contribution in [0.5, 0.6) is 0 Å². The molecule has 4 nitrogen and oxygen atoms in total. The third-order valence-corrected chi connectivity index (χ3v) is 4.48. The lowest BCUT2D eigenvalue weighted by Crippen LogP contribution is -2.54. The number of carbonyl (C=O) groups is 1. The van der Waals surface area contributed by atoms with Crippen LogP contribution in [-0.4, -0.2) is 49.3 Å². The van der Waals surface area contributed by atoms with Crippen molar-refractivity contribution in [3.63, 3.8) is 0 Å². The predicted molar refractivity (Wildman–Crippen MR) is 74.1 cm³/mol. The van der Waals surface area contributed by atoms with Crippen molar-refractivity contribution in [2.24, 2.45) is 0 Å². The lowest BCUT2D eigenvalue weighted by molar-refractivity contribution is -0.149. The van der Waals surface area contributed by atoms with E-state index in [2.05, 4.69) is 4.90 Å². The molecule has 110 valence electrons. The molecule has 0 bridgehead atoms. The highest BCUT2D eigenvalue weighted by Crippen LogP contribution is 2.33. The Bertz CT molecular complexity index is 279. The molecule has 2 saturated heterocycles. The second-order valence-electron chi connectivity index (χ2n) is 5.72. The van der Waals surface area contributed by atoms with Gasteiger partial charge in [0.2, 0.25) is 0 Å². The third kappa shape index (κ3) is 3.93. The van der Waals surface area contributed by atoms with Gasteiger partial charge in [-0.05, 0) is 45.7 Å². The molecule has 2 heterocycles. The summed E-state index contributed by atoms with van der Waals surface area (Å²) >= 11 is 0. The summed E-state index contributed by atoms with van der Waals surface area (Å²) in [6, 6.07) is 0. The largest absolute Gasteiger partial charge is 0.466 e. The van der Waals surface area contributed by atoms with E-state index >= 15 is 0 Å². The van der Waals surface area contributed by atoms with Crippen LogP contribution in [0.3, 0.4) is 0 Å². The minimum absolute atomic E-state index is 0.00512. The Hall–Kier alpha value is -0.610. The summed E-state index contributed by atoms with van der Waals surface area (Å²) < 4.78 is 10.7. The number of carbonyl (C=O) groups excluding carboxylic acids is 1. The van der Waals surface area contributed by atoms with E-state index in [4.69, 9.17) is 9.47 Å². The summed E-state index contributed by atoms with van der Waals surface area (Å²) in [6.07, 6.45) is 7.61. The van der Waals surface area contributed by atoms with E-state index in [0.717, 1.165) is 39.1 Å². The molecule has 0 aromatic rings. The Morgan fingerprint density at radius 1 is 1.16 bits per heavy atom. The van der Waals surface area contributed by atoms with Gasteiger partial charge in [-0.15, -0.1) is 0 Å². The Kier molecular flexibility index (Phi) is 5.64. The van der Waals surface area contributed by atoms with E-state index in [1.165, 1.54) is 25.7 Å². The first kappa shape index (κ1) is 14.8. The summed E-state index contributed by atoms with van der Waals surface area (Å²) in [4.78, 5) is 14.5. The lowest BCUT2D eigenvalue weighted by atomic mass is 9.84. The fourth-order valence-corrected chi connectivity index (χ4v) is 3.38. The van der Waals surface area contributed by atoms with E-state index < -0.39 is 0 Å². The number of hydrogen-bond acceptors (Lipinski definition) is 4. The van der Waals surface area contributed by atoms with Crippen molar-refractivity contribution in [3.05, 3.63) is 0 Å². The smallest absolute Gasteiger partial charge is 0.307 e. The molecule has 0 aliphatic carbocycles. The second-order valence-corrected chi connectivity index (χ2v) is 5.72. The first-order chi connectivity index (χ1) is 9.27. The van der Waals surface area contributed by atoms with E-state index in [1.807, 2.05) is 6.92 Å². The molecule has 0 spiro atoms.